The highest BCUT2D eigenvalue weighted by Gasteiger charge is 2.15. The van der Waals surface area contributed by atoms with Gasteiger partial charge in [0.05, 0.1) is 6.42 Å². The van der Waals surface area contributed by atoms with Crippen LogP contribution in [0.1, 0.15) is 26.5 Å². The number of aromatic nitrogens is 1. The number of nitrogens with zero attached hydrogens (tertiary/aromatic N) is 1. The van der Waals surface area contributed by atoms with Gasteiger partial charge in [-0.05, 0) is 57.2 Å². The van der Waals surface area contributed by atoms with E-state index in [9.17, 15) is 9.18 Å². The molecule has 0 radical (unpaired) electrons. The second-order valence-corrected chi connectivity index (χ2v) is 5.82. The van der Waals surface area contributed by atoms with Crippen LogP contribution in [0.2, 0.25) is 0 Å². The summed E-state index contributed by atoms with van der Waals surface area (Å²) in [6, 6.07) is 9.98. The van der Waals surface area contributed by atoms with Gasteiger partial charge >= 0.3 is 0 Å². The molecule has 3 nitrogen and oxygen atoms in total. The standard InChI is InChI=1S/C16H19FN2O/c1-16(2,3)18-15(20)11-14-5-4-10-19(14)13-8-6-12(17)7-9-13/h4-10H,11H2,1-3H3,(H,18,20). The van der Waals surface area contributed by atoms with E-state index in [1.165, 1.54) is 12.1 Å². The predicted molar refractivity (Wildman–Crippen MR) is 77.3 cm³/mol. The molecule has 1 heterocycles. The number of carbonyl (C=O) groups excluding carboxylic acids is 1. The van der Waals surface area contributed by atoms with Crippen molar-refractivity contribution in [3.05, 3.63) is 54.1 Å². The van der Waals surface area contributed by atoms with Gasteiger partial charge in [0.15, 0.2) is 0 Å². The number of nitrogens with one attached hydrogen (secondary N) is 1. The molecule has 0 aliphatic carbocycles. The Morgan fingerprint density at radius 1 is 1.20 bits per heavy atom. The van der Waals surface area contributed by atoms with Crippen molar-refractivity contribution in [2.24, 2.45) is 0 Å². The van der Waals surface area contributed by atoms with Gasteiger partial charge in [-0.3, -0.25) is 4.79 Å². The molecule has 1 aromatic heterocycles. The lowest BCUT2D eigenvalue weighted by Crippen LogP contribution is -2.41. The fourth-order valence-corrected chi connectivity index (χ4v) is 2.04. The molecule has 0 saturated heterocycles. The fourth-order valence-electron chi connectivity index (χ4n) is 2.04. The largest absolute Gasteiger partial charge is 0.351 e. The maximum atomic E-state index is 13.0. The second-order valence-electron chi connectivity index (χ2n) is 5.82. The van der Waals surface area contributed by atoms with E-state index in [0.717, 1.165) is 11.4 Å². The molecule has 1 N–H and O–H groups in total. The van der Waals surface area contributed by atoms with Gasteiger partial charge in [-0.25, -0.2) is 4.39 Å². The molecule has 0 aliphatic rings. The van der Waals surface area contributed by atoms with Crippen LogP contribution in [-0.2, 0) is 11.2 Å². The van der Waals surface area contributed by atoms with Crippen molar-refractivity contribution in [2.75, 3.05) is 0 Å². The number of halogens is 1. The van der Waals surface area contributed by atoms with Crippen molar-refractivity contribution in [1.29, 1.82) is 0 Å². The normalized spacial score (nSPS) is 11.4. The van der Waals surface area contributed by atoms with Gasteiger partial charge in [0, 0.05) is 23.1 Å². The van der Waals surface area contributed by atoms with Crippen LogP contribution in [0.4, 0.5) is 4.39 Å². The Kier molecular flexibility index (Phi) is 3.93. The van der Waals surface area contributed by atoms with E-state index in [4.69, 9.17) is 0 Å². The summed E-state index contributed by atoms with van der Waals surface area (Å²) in [5.41, 5.74) is 1.47. The minimum atomic E-state index is -0.270. The molecule has 1 amide bonds. The molecule has 0 fully saturated rings. The molecule has 0 unspecified atom stereocenters. The smallest absolute Gasteiger partial charge is 0.226 e. The van der Waals surface area contributed by atoms with Gasteiger partial charge in [-0.2, -0.15) is 0 Å². The lowest BCUT2D eigenvalue weighted by atomic mass is 10.1. The highest BCUT2D eigenvalue weighted by atomic mass is 19.1. The maximum Gasteiger partial charge on any atom is 0.226 e. The molecule has 20 heavy (non-hydrogen) atoms. The monoisotopic (exact) mass is 274 g/mol. The van der Waals surface area contributed by atoms with Gasteiger partial charge in [0.2, 0.25) is 5.91 Å². The van der Waals surface area contributed by atoms with E-state index in [-0.39, 0.29) is 17.3 Å². The highest BCUT2D eigenvalue weighted by molar-refractivity contribution is 5.79. The predicted octanol–water partition coefficient (Wildman–Crippen LogP) is 3.07. The zero-order valence-corrected chi connectivity index (χ0v) is 12.0. The first-order valence-corrected chi connectivity index (χ1v) is 6.58. The molecular formula is C16H19FN2O. The van der Waals surface area contributed by atoms with Crippen molar-refractivity contribution in [3.63, 3.8) is 0 Å². The molecule has 2 aromatic rings. The fraction of sp³-hybridized carbons (Fsp3) is 0.312. The Labute approximate surface area is 118 Å². The third-order valence-electron chi connectivity index (χ3n) is 2.79. The minimum absolute atomic E-state index is 0.0282. The molecule has 0 aliphatic heterocycles. The zero-order valence-electron chi connectivity index (χ0n) is 12.0. The van der Waals surface area contributed by atoms with Gasteiger partial charge in [-0.1, -0.05) is 0 Å². The summed E-state index contributed by atoms with van der Waals surface area (Å²) < 4.78 is 14.8. The minimum Gasteiger partial charge on any atom is -0.351 e. The maximum absolute atomic E-state index is 13.0. The van der Waals surface area contributed by atoms with Crippen LogP contribution in [0.3, 0.4) is 0 Å². The average molecular weight is 274 g/mol. The van der Waals surface area contributed by atoms with Crippen LogP contribution >= 0.6 is 0 Å². The van der Waals surface area contributed by atoms with E-state index in [0.29, 0.717) is 6.42 Å². The van der Waals surface area contributed by atoms with E-state index in [1.807, 2.05) is 43.7 Å². The van der Waals surface area contributed by atoms with Crippen LogP contribution < -0.4 is 5.32 Å². The Hall–Kier alpha value is -2.10. The third-order valence-corrected chi connectivity index (χ3v) is 2.79. The first-order valence-electron chi connectivity index (χ1n) is 6.58. The summed E-state index contributed by atoms with van der Waals surface area (Å²) in [5, 5.41) is 2.93. The quantitative estimate of drug-likeness (QED) is 0.917. The summed E-state index contributed by atoms with van der Waals surface area (Å²) in [6.45, 7) is 5.85. The zero-order chi connectivity index (χ0) is 14.8. The lowest BCUT2D eigenvalue weighted by molar-refractivity contribution is -0.121. The number of rotatable bonds is 3. The first kappa shape index (κ1) is 14.3. The van der Waals surface area contributed by atoms with Gasteiger partial charge in [0.1, 0.15) is 5.82 Å². The Morgan fingerprint density at radius 2 is 1.85 bits per heavy atom. The van der Waals surface area contributed by atoms with Gasteiger partial charge < -0.3 is 9.88 Å². The van der Waals surface area contributed by atoms with Crippen molar-refractivity contribution < 1.29 is 9.18 Å². The lowest BCUT2D eigenvalue weighted by Gasteiger charge is -2.20. The molecule has 106 valence electrons. The Morgan fingerprint density at radius 3 is 2.45 bits per heavy atom. The van der Waals surface area contributed by atoms with Crippen LogP contribution in [-0.4, -0.2) is 16.0 Å². The molecule has 0 spiro atoms. The third kappa shape index (κ3) is 3.70. The SMILES string of the molecule is CC(C)(C)NC(=O)Cc1cccn1-c1ccc(F)cc1. The van der Waals surface area contributed by atoms with E-state index >= 15 is 0 Å². The van der Waals surface area contributed by atoms with Gasteiger partial charge in [-0.15, -0.1) is 0 Å². The van der Waals surface area contributed by atoms with Gasteiger partial charge in [0.25, 0.3) is 0 Å². The summed E-state index contributed by atoms with van der Waals surface area (Å²) >= 11 is 0. The second kappa shape index (κ2) is 5.49. The number of amides is 1. The molecule has 0 bridgehead atoms. The van der Waals surface area contributed by atoms with E-state index in [1.54, 1.807) is 12.1 Å². The molecule has 0 atom stereocenters. The molecule has 0 saturated carbocycles. The number of hydrogen-bond acceptors (Lipinski definition) is 1. The molecule has 1 aromatic carbocycles. The van der Waals surface area contributed by atoms with Crippen LogP contribution in [0.25, 0.3) is 5.69 Å². The number of carbonyl (C=O) groups is 1. The molecule has 2 rings (SSSR count). The van der Waals surface area contributed by atoms with Crippen LogP contribution in [0.5, 0.6) is 0 Å². The van der Waals surface area contributed by atoms with E-state index in [2.05, 4.69) is 5.32 Å². The Bertz CT molecular complexity index is 594. The topological polar surface area (TPSA) is 34.0 Å². The summed E-state index contributed by atoms with van der Waals surface area (Å²) in [5.74, 6) is -0.299. The van der Waals surface area contributed by atoms with Crippen molar-refractivity contribution >= 4 is 5.91 Å². The summed E-state index contributed by atoms with van der Waals surface area (Å²) in [6.07, 6.45) is 2.16. The number of hydrogen-bond donors (Lipinski definition) is 1. The average Bonchev–Trinajstić information content (AvgIpc) is 2.75. The van der Waals surface area contributed by atoms with Crippen molar-refractivity contribution in [2.45, 2.75) is 32.7 Å². The van der Waals surface area contributed by atoms with Crippen molar-refractivity contribution in [3.8, 4) is 5.69 Å². The van der Waals surface area contributed by atoms with Crippen molar-refractivity contribution in [1.82, 2.24) is 9.88 Å². The highest BCUT2D eigenvalue weighted by Crippen LogP contribution is 2.14. The number of benzene rings is 1. The van der Waals surface area contributed by atoms with Crippen LogP contribution in [0.15, 0.2) is 42.6 Å². The van der Waals surface area contributed by atoms with E-state index < -0.39 is 0 Å². The molecular weight excluding hydrogens is 255 g/mol. The van der Waals surface area contributed by atoms with Crippen LogP contribution in [0, 0.1) is 5.82 Å². The summed E-state index contributed by atoms with van der Waals surface area (Å²) in [7, 11) is 0. The molecule has 4 heteroatoms. The summed E-state index contributed by atoms with van der Waals surface area (Å²) in [4.78, 5) is 12.0. The Balaban J connectivity index is 2.17. The first-order chi connectivity index (χ1) is 9.35.